The van der Waals surface area contributed by atoms with Crippen molar-refractivity contribution in [3.05, 3.63) is 0 Å². The maximum Gasteiger partial charge on any atom is 0.0637 e. The van der Waals surface area contributed by atoms with Gasteiger partial charge in [-0.05, 0) is 53.2 Å². The molecule has 0 saturated carbocycles. The first-order valence-corrected chi connectivity index (χ1v) is 7.69. The van der Waals surface area contributed by atoms with Crippen molar-refractivity contribution in [1.82, 2.24) is 10.2 Å². The number of likely N-dealkylation sites (tertiary alicyclic amines) is 1. The van der Waals surface area contributed by atoms with Gasteiger partial charge >= 0.3 is 0 Å². The van der Waals surface area contributed by atoms with Gasteiger partial charge in [-0.1, -0.05) is 19.8 Å². The van der Waals surface area contributed by atoms with Gasteiger partial charge in [0.25, 0.3) is 0 Å². The summed E-state index contributed by atoms with van der Waals surface area (Å²) in [7, 11) is 0. The smallest absolute Gasteiger partial charge is 0.0637 e. The van der Waals surface area contributed by atoms with Crippen LogP contribution in [-0.4, -0.2) is 49.3 Å². The minimum atomic E-state index is 0.176. The molecule has 1 N–H and O–H groups in total. The van der Waals surface area contributed by atoms with Crippen molar-refractivity contribution in [3.8, 4) is 0 Å². The van der Waals surface area contributed by atoms with Crippen LogP contribution in [0.4, 0.5) is 0 Å². The number of rotatable bonds is 7. The summed E-state index contributed by atoms with van der Waals surface area (Å²) in [5.41, 5.74) is 0.176. The summed E-state index contributed by atoms with van der Waals surface area (Å²) in [4.78, 5) is 2.66. The van der Waals surface area contributed by atoms with Gasteiger partial charge in [-0.2, -0.15) is 0 Å². The molecule has 18 heavy (non-hydrogen) atoms. The Morgan fingerprint density at radius 2 is 1.72 bits per heavy atom. The summed E-state index contributed by atoms with van der Waals surface area (Å²) >= 11 is 0. The highest BCUT2D eigenvalue weighted by atomic mass is 16.5. The third-order valence-corrected chi connectivity index (χ3v) is 4.21. The van der Waals surface area contributed by atoms with Crippen LogP contribution in [-0.2, 0) is 4.74 Å². The van der Waals surface area contributed by atoms with Crippen LogP contribution >= 0.6 is 0 Å². The summed E-state index contributed by atoms with van der Waals surface area (Å²) in [6.45, 7) is 14.1. The molecule has 1 fully saturated rings. The first-order chi connectivity index (χ1) is 8.62. The fourth-order valence-electron chi connectivity index (χ4n) is 2.86. The van der Waals surface area contributed by atoms with Crippen molar-refractivity contribution in [2.45, 2.75) is 65.0 Å². The topological polar surface area (TPSA) is 24.5 Å². The third-order valence-electron chi connectivity index (χ3n) is 4.21. The average molecular weight is 256 g/mol. The predicted molar refractivity (Wildman–Crippen MR) is 78.1 cm³/mol. The first-order valence-electron chi connectivity index (χ1n) is 7.69. The standard InChI is InChI=1S/C15H32N2O/c1-5-16-14(13-18-6-2)15(3,4)17-11-9-7-8-10-12-17/h14,16H,5-13H2,1-4H3. The van der Waals surface area contributed by atoms with Crippen LogP contribution in [0.3, 0.4) is 0 Å². The van der Waals surface area contributed by atoms with Crippen LogP contribution in [0, 0.1) is 0 Å². The van der Waals surface area contributed by atoms with E-state index < -0.39 is 0 Å². The fraction of sp³-hybridized carbons (Fsp3) is 1.00. The van der Waals surface area contributed by atoms with Gasteiger partial charge in [-0.25, -0.2) is 0 Å². The van der Waals surface area contributed by atoms with Gasteiger partial charge in [-0.3, -0.25) is 4.90 Å². The molecule has 0 radical (unpaired) electrons. The van der Waals surface area contributed by atoms with Gasteiger partial charge < -0.3 is 10.1 Å². The minimum Gasteiger partial charge on any atom is -0.380 e. The Kier molecular flexibility index (Phi) is 7.20. The molecule has 1 saturated heterocycles. The van der Waals surface area contributed by atoms with Gasteiger partial charge in [0.1, 0.15) is 0 Å². The molecule has 3 nitrogen and oxygen atoms in total. The van der Waals surface area contributed by atoms with E-state index in [1.54, 1.807) is 0 Å². The molecule has 0 bridgehead atoms. The number of nitrogens with one attached hydrogen (secondary N) is 1. The number of ether oxygens (including phenoxy) is 1. The zero-order valence-electron chi connectivity index (χ0n) is 12.8. The van der Waals surface area contributed by atoms with E-state index in [1.165, 1.54) is 38.8 Å². The van der Waals surface area contributed by atoms with E-state index in [0.29, 0.717) is 6.04 Å². The lowest BCUT2D eigenvalue weighted by Gasteiger charge is -2.44. The molecule has 0 amide bonds. The monoisotopic (exact) mass is 256 g/mol. The predicted octanol–water partition coefficient (Wildman–Crippen LogP) is 2.66. The molecular weight excluding hydrogens is 224 g/mol. The molecule has 0 aliphatic carbocycles. The minimum absolute atomic E-state index is 0.176. The van der Waals surface area contributed by atoms with Gasteiger partial charge in [0, 0.05) is 18.2 Å². The van der Waals surface area contributed by atoms with Crippen LogP contribution < -0.4 is 5.32 Å². The van der Waals surface area contributed by atoms with Crippen molar-refractivity contribution in [2.75, 3.05) is 32.8 Å². The highest BCUT2D eigenvalue weighted by molar-refractivity contribution is 4.94. The Bertz CT molecular complexity index is 211. The van der Waals surface area contributed by atoms with E-state index in [4.69, 9.17) is 4.74 Å². The molecule has 0 aromatic heterocycles. The second-order valence-corrected chi connectivity index (χ2v) is 5.82. The Morgan fingerprint density at radius 1 is 1.11 bits per heavy atom. The second-order valence-electron chi connectivity index (χ2n) is 5.82. The Balaban J connectivity index is 2.64. The zero-order chi connectivity index (χ0) is 13.4. The van der Waals surface area contributed by atoms with E-state index in [2.05, 4.69) is 37.9 Å². The third kappa shape index (κ3) is 4.52. The largest absolute Gasteiger partial charge is 0.380 e. The molecule has 1 aliphatic heterocycles. The van der Waals surface area contributed by atoms with Crippen LogP contribution in [0.25, 0.3) is 0 Å². The van der Waals surface area contributed by atoms with Crippen LogP contribution in [0.2, 0.25) is 0 Å². The van der Waals surface area contributed by atoms with Crippen molar-refractivity contribution in [1.29, 1.82) is 0 Å². The molecule has 1 heterocycles. The van der Waals surface area contributed by atoms with E-state index in [-0.39, 0.29) is 5.54 Å². The lowest BCUT2D eigenvalue weighted by molar-refractivity contribution is 0.0305. The van der Waals surface area contributed by atoms with Crippen LogP contribution in [0.5, 0.6) is 0 Å². The van der Waals surface area contributed by atoms with Gasteiger partial charge in [0.05, 0.1) is 6.61 Å². The molecule has 0 aromatic rings. The van der Waals surface area contributed by atoms with Crippen molar-refractivity contribution in [2.24, 2.45) is 0 Å². The Labute approximate surface area is 113 Å². The molecule has 0 aromatic carbocycles. The molecule has 0 spiro atoms. The summed E-state index contributed by atoms with van der Waals surface area (Å²) in [5.74, 6) is 0. The van der Waals surface area contributed by atoms with Crippen LogP contribution in [0.1, 0.15) is 53.4 Å². The van der Waals surface area contributed by atoms with E-state index in [1.807, 2.05) is 0 Å². The summed E-state index contributed by atoms with van der Waals surface area (Å²) in [6, 6.07) is 0.417. The highest BCUT2D eigenvalue weighted by Crippen LogP contribution is 2.23. The van der Waals surface area contributed by atoms with Crippen LogP contribution in [0.15, 0.2) is 0 Å². The number of hydrogen-bond acceptors (Lipinski definition) is 3. The van der Waals surface area contributed by atoms with E-state index in [0.717, 1.165) is 19.8 Å². The maximum atomic E-state index is 5.67. The number of nitrogens with zero attached hydrogens (tertiary/aromatic N) is 1. The molecule has 108 valence electrons. The van der Waals surface area contributed by atoms with Crippen molar-refractivity contribution >= 4 is 0 Å². The number of likely N-dealkylation sites (N-methyl/N-ethyl adjacent to an activating group) is 1. The van der Waals surface area contributed by atoms with Crippen molar-refractivity contribution in [3.63, 3.8) is 0 Å². The normalized spacial score (nSPS) is 20.7. The molecule has 1 rings (SSSR count). The lowest BCUT2D eigenvalue weighted by Crippen LogP contribution is -2.59. The molecular formula is C15H32N2O. The maximum absolute atomic E-state index is 5.67. The number of hydrogen-bond donors (Lipinski definition) is 1. The van der Waals surface area contributed by atoms with E-state index in [9.17, 15) is 0 Å². The lowest BCUT2D eigenvalue weighted by atomic mass is 9.92. The molecule has 1 atom stereocenters. The first kappa shape index (κ1) is 15.9. The summed E-state index contributed by atoms with van der Waals surface area (Å²) < 4.78 is 5.67. The fourth-order valence-corrected chi connectivity index (χ4v) is 2.86. The van der Waals surface area contributed by atoms with Crippen molar-refractivity contribution < 1.29 is 4.74 Å². The highest BCUT2D eigenvalue weighted by Gasteiger charge is 2.35. The zero-order valence-corrected chi connectivity index (χ0v) is 12.8. The SMILES string of the molecule is CCNC(COCC)C(C)(C)N1CCCCCC1. The van der Waals surface area contributed by atoms with Gasteiger partial charge in [-0.15, -0.1) is 0 Å². The Morgan fingerprint density at radius 3 is 2.22 bits per heavy atom. The Hall–Kier alpha value is -0.120. The van der Waals surface area contributed by atoms with Gasteiger partial charge in [0.2, 0.25) is 0 Å². The quantitative estimate of drug-likeness (QED) is 0.758. The molecule has 1 unspecified atom stereocenters. The summed E-state index contributed by atoms with van der Waals surface area (Å²) in [5, 5.41) is 3.61. The summed E-state index contributed by atoms with van der Waals surface area (Å²) in [6.07, 6.45) is 5.47. The molecule has 1 aliphatic rings. The molecule has 3 heteroatoms. The second kappa shape index (κ2) is 8.13. The van der Waals surface area contributed by atoms with E-state index >= 15 is 0 Å². The average Bonchev–Trinajstić information content (AvgIpc) is 2.63. The van der Waals surface area contributed by atoms with Gasteiger partial charge in [0.15, 0.2) is 0 Å².